The molecule has 0 saturated carbocycles. The van der Waals surface area contributed by atoms with Crippen LogP contribution in [-0.2, 0) is 14.8 Å². The Balaban J connectivity index is 2.17. The van der Waals surface area contributed by atoms with E-state index in [0.29, 0.717) is 22.6 Å². The highest BCUT2D eigenvalue weighted by atomic mass is 32.2. The first-order valence-corrected chi connectivity index (χ1v) is 8.85. The van der Waals surface area contributed by atoms with Crippen molar-refractivity contribution in [3.63, 3.8) is 0 Å². The molecule has 2 rings (SSSR count). The fourth-order valence-corrected chi connectivity index (χ4v) is 3.09. The normalized spacial score (nSPS) is 11.0. The lowest BCUT2D eigenvalue weighted by Crippen LogP contribution is -2.28. The SMILES string of the molecule is COc1cccc(C=CC(=O)NS(=O)(=O)c2ccc(C#N)cc2)c1OC. The van der Waals surface area contributed by atoms with Crippen LogP contribution in [-0.4, -0.2) is 28.5 Å². The van der Waals surface area contributed by atoms with Crippen LogP contribution in [0.3, 0.4) is 0 Å². The van der Waals surface area contributed by atoms with Gasteiger partial charge >= 0.3 is 0 Å². The van der Waals surface area contributed by atoms with Crippen molar-refractivity contribution in [3.05, 3.63) is 59.7 Å². The molecule has 0 spiro atoms. The van der Waals surface area contributed by atoms with Crippen LogP contribution >= 0.6 is 0 Å². The van der Waals surface area contributed by atoms with Crippen LogP contribution in [0, 0.1) is 11.3 Å². The number of ether oxygens (including phenoxy) is 2. The highest BCUT2D eigenvalue weighted by Gasteiger charge is 2.16. The molecule has 0 fully saturated rings. The summed E-state index contributed by atoms with van der Waals surface area (Å²) in [6, 6.07) is 12.2. The number of nitrogens with zero attached hydrogens (tertiary/aromatic N) is 1. The first-order chi connectivity index (χ1) is 12.4. The molecule has 134 valence electrons. The number of methoxy groups -OCH3 is 2. The van der Waals surface area contributed by atoms with Crippen LogP contribution in [0.15, 0.2) is 53.4 Å². The Hall–Kier alpha value is -3.31. The van der Waals surface area contributed by atoms with E-state index in [9.17, 15) is 13.2 Å². The van der Waals surface area contributed by atoms with Crippen LogP contribution in [0.25, 0.3) is 6.08 Å². The number of carbonyl (C=O) groups excluding carboxylic acids is 1. The van der Waals surface area contributed by atoms with Crippen LogP contribution in [0.5, 0.6) is 11.5 Å². The van der Waals surface area contributed by atoms with E-state index in [1.165, 1.54) is 44.6 Å². The van der Waals surface area contributed by atoms with E-state index in [0.717, 1.165) is 6.08 Å². The molecule has 0 aliphatic rings. The number of carbonyl (C=O) groups is 1. The van der Waals surface area contributed by atoms with Crippen molar-refractivity contribution in [3.8, 4) is 17.6 Å². The Morgan fingerprint density at radius 3 is 2.38 bits per heavy atom. The molecular weight excluding hydrogens is 356 g/mol. The van der Waals surface area contributed by atoms with Gasteiger partial charge in [0.1, 0.15) is 0 Å². The molecule has 0 bridgehead atoms. The molecule has 0 aromatic heterocycles. The van der Waals surface area contributed by atoms with Crippen molar-refractivity contribution in [2.24, 2.45) is 0 Å². The smallest absolute Gasteiger partial charge is 0.264 e. The van der Waals surface area contributed by atoms with Crippen molar-refractivity contribution >= 4 is 22.0 Å². The van der Waals surface area contributed by atoms with Crippen molar-refractivity contribution in [2.75, 3.05) is 14.2 Å². The van der Waals surface area contributed by atoms with E-state index in [4.69, 9.17) is 14.7 Å². The first kappa shape index (κ1) is 19.0. The molecular formula is C18H16N2O5S. The molecule has 8 heteroatoms. The number of nitriles is 1. The van der Waals surface area contributed by atoms with Gasteiger partial charge in [-0.15, -0.1) is 0 Å². The summed E-state index contributed by atoms with van der Waals surface area (Å²) in [5.41, 5.74) is 0.873. The van der Waals surface area contributed by atoms with Gasteiger partial charge in [-0.3, -0.25) is 4.79 Å². The standard InChI is InChI=1S/C18H16N2O5S/c1-24-16-5-3-4-14(18(16)25-2)8-11-17(21)20-26(22,23)15-9-6-13(12-19)7-10-15/h3-11H,1-2H3,(H,20,21). The quantitative estimate of drug-likeness (QED) is 0.779. The maximum absolute atomic E-state index is 12.2. The third-order valence-electron chi connectivity index (χ3n) is 3.38. The summed E-state index contributed by atoms with van der Waals surface area (Å²) in [5.74, 6) is 0.0912. The average molecular weight is 372 g/mol. The molecule has 0 radical (unpaired) electrons. The second kappa shape index (κ2) is 8.18. The molecule has 2 aromatic rings. The van der Waals surface area contributed by atoms with Gasteiger partial charge < -0.3 is 9.47 Å². The third kappa shape index (κ3) is 4.40. The maximum atomic E-state index is 12.2. The molecule has 1 amide bonds. The Kier molecular flexibility index (Phi) is 5.98. The monoisotopic (exact) mass is 372 g/mol. The predicted octanol–water partition coefficient (Wildman–Crippen LogP) is 2.09. The van der Waals surface area contributed by atoms with Gasteiger partial charge in [-0.1, -0.05) is 12.1 Å². The fourth-order valence-electron chi connectivity index (χ4n) is 2.14. The Labute approximate surface area is 151 Å². The molecule has 0 saturated heterocycles. The fraction of sp³-hybridized carbons (Fsp3) is 0.111. The van der Waals surface area contributed by atoms with E-state index < -0.39 is 15.9 Å². The van der Waals surface area contributed by atoms with Crippen molar-refractivity contribution in [1.29, 1.82) is 5.26 Å². The molecule has 0 aliphatic heterocycles. The number of sulfonamides is 1. The zero-order valence-electron chi connectivity index (χ0n) is 14.1. The van der Waals surface area contributed by atoms with E-state index in [2.05, 4.69) is 0 Å². The minimum absolute atomic E-state index is 0.114. The van der Waals surface area contributed by atoms with Gasteiger partial charge in [-0.05, 0) is 36.4 Å². The summed E-state index contributed by atoms with van der Waals surface area (Å²) in [6.07, 6.45) is 2.50. The number of benzene rings is 2. The summed E-state index contributed by atoms with van der Waals surface area (Å²) in [5, 5.41) is 8.74. The van der Waals surface area contributed by atoms with Gasteiger partial charge in [-0.25, -0.2) is 13.1 Å². The van der Waals surface area contributed by atoms with Gasteiger partial charge in [0.25, 0.3) is 15.9 Å². The minimum Gasteiger partial charge on any atom is -0.493 e. The van der Waals surface area contributed by atoms with E-state index in [-0.39, 0.29) is 4.90 Å². The summed E-state index contributed by atoms with van der Waals surface area (Å²) >= 11 is 0. The van der Waals surface area contributed by atoms with E-state index in [1.807, 2.05) is 10.8 Å². The number of hydrogen-bond donors (Lipinski definition) is 1. The molecule has 0 atom stereocenters. The third-order valence-corrected chi connectivity index (χ3v) is 4.74. The minimum atomic E-state index is -4.03. The second-order valence-electron chi connectivity index (χ2n) is 5.02. The van der Waals surface area contributed by atoms with Crippen LogP contribution in [0.2, 0.25) is 0 Å². The second-order valence-corrected chi connectivity index (χ2v) is 6.70. The summed E-state index contributed by atoms with van der Waals surface area (Å²) in [6.45, 7) is 0. The summed E-state index contributed by atoms with van der Waals surface area (Å²) < 4.78 is 36.7. The van der Waals surface area contributed by atoms with Crippen LogP contribution < -0.4 is 14.2 Å². The maximum Gasteiger partial charge on any atom is 0.264 e. The zero-order chi connectivity index (χ0) is 19.2. The molecule has 0 heterocycles. The lowest BCUT2D eigenvalue weighted by atomic mass is 10.1. The Bertz CT molecular complexity index is 974. The van der Waals surface area contributed by atoms with Gasteiger partial charge in [0, 0.05) is 11.6 Å². The van der Waals surface area contributed by atoms with Gasteiger partial charge in [-0.2, -0.15) is 5.26 Å². The summed E-state index contributed by atoms with van der Waals surface area (Å²) in [4.78, 5) is 11.9. The number of para-hydroxylation sites is 1. The zero-order valence-corrected chi connectivity index (χ0v) is 14.9. The number of nitrogens with one attached hydrogen (secondary N) is 1. The molecule has 1 N–H and O–H groups in total. The Morgan fingerprint density at radius 2 is 1.81 bits per heavy atom. The van der Waals surface area contributed by atoms with Crippen molar-refractivity contribution in [1.82, 2.24) is 4.72 Å². The highest BCUT2D eigenvalue weighted by Crippen LogP contribution is 2.31. The van der Waals surface area contributed by atoms with E-state index >= 15 is 0 Å². The largest absolute Gasteiger partial charge is 0.493 e. The molecule has 0 unspecified atom stereocenters. The van der Waals surface area contributed by atoms with Gasteiger partial charge in [0.2, 0.25) is 0 Å². The molecule has 0 aliphatic carbocycles. The van der Waals surface area contributed by atoms with E-state index in [1.54, 1.807) is 18.2 Å². The van der Waals surface area contributed by atoms with Gasteiger partial charge in [0.15, 0.2) is 11.5 Å². The van der Waals surface area contributed by atoms with Crippen LogP contribution in [0.1, 0.15) is 11.1 Å². The molecule has 2 aromatic carbocycles. The number of hydrogen-bond acceptors (Lipinski definition) is 6. The summed E-state index contributed by atoms with van der Waals surface area (Å²) in [7, 11) is -1.08. The highest BCUT2D eigenvalue weighted by molar-refractivity contribution is 7.90. The first-order valence-electron chi connectivity index (χ1n) is 7.37. The molecule has 7 nitrogen and oxygen atoms in total. The van der Waals surface area contributed by atoms with Crippen LogP contribution in [0.4, 0.5) is 0 Å². The molecule has 26 heavy (non-hydrogen) atoms. The lowest BCUT2D eigenvalue weighted by Gasteiger charge is -2.09. The predicted molar refractivity (Wildman–Crippen MR) is 95.1 cm³/mol. The lowest BCUT2D eigenvalue weighted by molar-refractivity contribution is -0.114. The van der Waals surface area contributed by atoms with Crippen molar-refractivity contribution in [2.45, 2.75) is 4.90 Å². The number of rotatable bonds is 6. The van der Waals surface area contributed by atoms with Gasteiger partial charge in [0.05, 0.1) is 30.7 Å². The Morgan fingerprint density at radius 1 is 1.12 bits per heavy atom. The average Bonchev–Trinajstić information content (AvgIpc) is 2.65. The number of amides is 1. The van der Waals surface area contributed by atoms with Crippen molar-refractivity contribution < 1.29 is 22.7 Å². The topological polar surface area (TPSA) is 105 Å².